The van der Waals surface area contributed by atoms with Crippen molar-refractivity contribution in [3.05, 3.63) is 0 Å². The minimum atomic E-state index is 0.0216. The highest BCUT2D eigenvalue weighted by atomic mass is 16.5. The lowest BCUT2D eigenvalue weighted by atomic mass is 9.73. The Labute approximate surface area is 164 Å². The SMILES string of the molecule is CCCNC(=NCC(=O)N(C)C)NCC1(CN2CCOCC2)CCCCC1. The normalized spacial score (nSPS) is 20.9. The minimum absolute atomic E-state index is 0.0216. The largest absolute Gasteiger partial charge is 0.379 e. The summed E-state index contributed by atoms with van der Waals surface area (Å²) in [7, 11) is 3.54. The molecule has 2 rings (SSSR count). The van der Waals surface area contributed by atoms with Crippen LogP contribution in [0.3, 0.4) is 0 Å². The van der Waals surface area contributed by atoms with E-state index in [9.17, 15) is 4.79 Å². The van der Waals surface area contributed by atoms with Gasteiger partial charge in [-0.1, -0.05) is 26.2 Å². The van der Waals surface area contributed by atoms with Crippen molar-refractivity contribution in [2.24, 2.45) is 10.4 Å². The molecule has 0 spiro atoms. The molecule has 7 nitrogen and oxygen atoms in total. The molecule has 156 valence electrons. The molecule has 0 bridgehead atoms. The van der Waals surface area contributed by atoms with Gasteiger partial charge in [0.05, 0.1) is 13.2 Å². The second-order valence-electron chi connectivity index (χ2n) is 8.18. The van der Waals surface area contributed by atoms with E-state index in [1.54, 1.807) is 19.0 Å². The quantitative estimate of drug-likeness (QED) is 0.490. The van der Waals surface area contributed by atoms with E-state index in [0.717, 1.165) is 58.3 Å². The number of amides is 1. The van der Waals surface area contributed by atoms with Crippen molar-refractivity contribution in [1.82, 2.24) is 20.4 Å². The van der Waals surface area contributed by atoms with Crippen LogP contribution >= 0.6 is 0 Å². The maximum absolute atomic E-state index is 11.9. The zero-order chi connectivity index (χ0) is 19.5. The Morgan fingerprint density at radius 3 is 2.48 bits per heavy atom. The number of aliphatic imine (C=N–C) groups is 1. The molecule has 1 saturated heterocycles. The van der Waals surface area contributed by atoms with Gasteiger partial charge in [-0.3, -0.25) is 9.69 Å². The van der Waals surface area contributed by atoms with E-state index in [1.807, 2.05) is 0 Å². The van der Waals surface area contributed by atoms with Crippen LogP contribution < -0.4 is 10.6 Å². The molecule has 1 heterocycles. The third-order valence-corrected chi connectivity index (χ3v) is 5.62. The Hall–Kier alpha value is -1.34. The number of guanidine groups is 1. The fraction of sp³-hybridized carbons (Fsp3) is 0.900. The summed E-state index contributed by atoms with van der Waals surface area (Å²) in [6.07, 6.45) is 7.50. The van der Waals surface area contributed by atoms with Crippen molar-refractivity contribution in [2.75, 3.05) is 66.6 Å². The number of hydrogen-bond acceptors (Lipinski definition) is 4. The monoisotopic (exact) mass is 381 g/mol. The molecule has 7 heteroatoms. The molecule has 2 aliphatic rings. The fourth-order valence-corrected chi connectivity index (χ4v) is 3.90. The van der Waals surface area contributed by atoms with E-state index in [-0.39, 0.29) is 17.9 Å². The Morgan fingerprint density at radius 1 is 1.15 bits per heavy atom. The third-order valence-electron chi connectivity index (χ3n) is 5.62. The van der Waals surface area contributed by atoms with Crippen LogP contribution in [0.1, 0.15) is 45.4 Å². The van der Waals surface area contributed by atoms with E-state index in [4.69, 9.17) is 4.74 Å². The molecule has 1 aliphatic carbocycles. The van der Waals surface area contributed by atoms with Crippen molar-refractivity contribution < 1.29 is 9.53 Å². The second-order valence-corrected chi connectivity index (χ2v) is 8.18. The Bertz CT molecular complexity index is 469. The maximum atomic E-state index is 11.9. The Balaban J connectivity index is 1.97. The van der Waals surface area contributed by atoms with Gasteiger partial charge in [0.2, 0.25) is 5.91 Å². The molecule has 2 fully saturated rings. The molecular weight excluding hydrogens is 342 g/mol. The summed E-state index contributed by atoms with van der Waals surface area (Å²) in [5.74, 6) is 0.785. The van der Waals surface area contributed by atoms with Gasteiger partial charge in [-0.2, -0.15) is 0 Å². The van der Waals surface area contributed by atoms with Crippen molar-refractivity contribution in [3.8, 4) is 0 Å². The number of nitrogens with zero attached hydrogens (tertiary/aromatic N) is 3. The van der Waals surface area contributed by atoms with Crippen LogP contribution in [0, 0.1) is 5.41 Å². The zero-order valence-electron chi connectivity index (χ0n) is 17.6. The fourth-order valence-electron chi connectivity index (χ4n) is 3.90. The first-order valence-electron chi connectivity index (χ1n) is 10.6. The lowest BCUT2D eigenvalue weighted by molar-refractivity contribution is -0.127. The van der Waals surface area contributed by atoms with Gasteiger partial charge < -0.3 is 20.3 Å². The molecule has 0 aromatic heterocycles. The van der Waals surface area contributed by atoms with Gasteiger partial charge in [-0.15, -0.1) is 0 Å². The van der Waals surface area contributed by atoms with E-state index in [1.165, 1.54) is 32.1 Å². The van der Waals surface area contributed by atoms with Crippen LogP contribution in [0.5, 0.6) is 0 Å². The molecule has 2 N–H and O–H groups in total. The molecule has 0 aromatic carbocycles. The second kappa shape index (κ2) is 11.5. The van der Waals surface area contributed by atoms with Crippen molar-refractivity contribution >= 4 is 11.9 Å². The molecule has 1 aliphatic heterocycles. The van der Waals surface area contributed by atoms with Gasteiger partial charge >= 0.3 is 0 Å². The molecular formula is C20H39N5O2. The molecule has 27 heavy (non-hydrogen) atoms. The van der Waals surface area contributed by atoms with E-state index in [2.05, 4.69) is 27.4 Å². The van der Waals surface area contributed by atoms with Crippen molar-refractivity contribution in [1.29, 1.82) is 0 Å². The summed E-state index contributed by atoms with van der Waals surface area (Å²) >= 11 is 0. The van der Waals surface area contributed by atoms with Gasteiger partial charge in [0.15, 0.2) is 5.96 Å². The highest BCUT2D eigenvalue weighted by Gasteiger charge is 2.34. The minimum Gasteiger partial charge on any atom is -0.379 e. The summed E-state index contributed by atoms with van der Waals surface area (Å²) in [4.78, 5) is 20.6. The summed E-state index contributed by atoms with van der Waals surface area (Å²) in [6, 6.07) is 0. The standard InChI is InChI=1S/C20H39N5O2/c1-4-10-21-19(22-15-18(26)24(2)3)23-16-20(8-6-5-7-9-20)17-25-11-13-27-14-12-25/h4-17H2,1-3H3,(H2,21,22,23). The molecule has 0 atom stereocenters. The highest BCUT2D eigenvalue weighted by molar-refractivity contribution is 5.84. The van der Waals surface area contributed by atoms with Gasteiger partial charge in [0.25, 0.3) is 0 Å². The molecule has 0 aromatic rings. The number of rotatable bonds is 8. The van der Waals surface area contributed by atoms with Gasteiger partial charge in [-0.25, -0.2) is 4.99 Å². The number of nitrogens with one attached hydrogen (secondary N) is 2. The Kier molecular flexibility index (Phi) is 9.34. The Morgan fingerprint density at radius 2 is 1.85 bits per heavy atom. The lowest BCUT2D eigenvalue weighted by Gasteiger charge is -2.42. The van der Waals surface area contributed by atoms with Crippen LogP contribution in [0.2, 0.25) is 0 Å². The van der Waals surface area contributed by atoms with Crippen LogP contribution in [0.4, 0.5) is 0 Å². The van der Waals surface area contributed by atoms with Crippen LogP contribution in [-0.4, -0.2) is 88.2 Å². The predicted molar refractivity (Wildman–Crippen MR) is 110 cm³/mol. The van der Waals surface area contributed by atoms with Crippen molar-refractivity contribution in [3.63, 3.8) is 0 Å². The number of hydrogen-bond donors (Lipinski definition) is 2. The highest BCUT2D eigenvalue weighted by Crippen LogP contribution is 2.36. The van der Waals surface area contributed by atoms with E-state index >= 15 is 0 Å². The maximum Gasteiger partial charge on any atom is 0.243 e. The smallest absolute Gasteiger partial charge is 0.243 e. The van der Waals surface area contributed by atoms with E-state index in [0.29, 0.717) is 0 Å². The number of ether oxygens (including phenoxy) is 1. The lowest BCUT2D eigenvalue weighted by Crippen LogP contribution is -2.51. The number of carbonyl (C=O) groups is 1. The molecule has 0 radical (unpaired) electrons. The van der Waals surface area contributed by atoms with Crippen LogP contribution in [-0.2, 0) is 9.53 Å². The number of likely N-dealkylation sites (N-methyl/N-ethyl adjacent to an activating group) is 1. The predicted octanol–water partition coefficient (Wildman–Crippen LogP) is 1.30. The van der Waals surface area contributed by atoms with Gasteiger partial charge in [-0.05, 0) is 19.3 Å². The zero-order valence-corrected chi connectivity index (χ0v) is 17.6. The topological polar surface area (TPSA) is 69.2 Å². The first kappa shape index (κ1) is 22.0. The summed E-state index contributed by atoms with van der Waals surface area (Å²) in [5, 5.41) is 6.92. The number of morpholine rings is 1. The first-order valence-corrected chi connectivity index (χ1v) is 10.6. The number of carbonyl (C=O) groups excluding carboxylic acids is 1. The summed E-state index contributed by atoms with van der Waals surface area (Å²) < 4.78 is 5.52. The average molecular weight is 382 g/mol. The van der Waals surface area contributed by atoms with Crippen LogP contribution in [0.25, 0.3) is 0 Å². The van der Waals surface area contributed by atoms with Gasteiger partial charge in [0.1, 0.15) is 6.54 Å². The van der Waals surface area contributed by atoms with Crippen LogP contribution in [0.15, 0.2) is 4.99 Å². The van der Waals surface area contributed by atoms with Crippen molar-refractivity contribution in [2.45, 2.75) is 45.4 Å². The molecule has 1 amide bonds. The average Bonchev–Trinajstić information content (AvgIpc) is 2.68. The van der Waals surface area contributed by atoms with E-state index < -0.39 is 0 Å². The summed E-state index contributed by atoms with van der Waals surface area (Å²) in [5.41, 5.74) is 0.288. The summed E-state index contributed by atoms with van der Waals surface area (Å²) in [6.45, 7) is 8.98. The third kappa shape index (κ3) is 7.66. The molecule has 0 unspecified atom stereocenters. The van der Waals surface area contributed by atoms with Gasteiger partial charge in [0, 0.05) is 52.2 Å². The first-order chi connectivity index (χ1) is 13.0. The molecule has 1 saturated carbocycles.